The molecule has 2 rings (SSSR count). The quantitative estimate of drug-likeness (QED) is 0.698. The third-order valence-electron chi connectivity index (χ3n) is 2.24. The van der Waals surface area contributed by atoms with Gasteiger partial charge in [-0.05, 0) is 23.4 Å². The Morgan fingerprint density at radius 3 is 2.89 bits per heavy atom. The minimum absolute atomic E-state index is 0.112. The highest BCUT2D eigenvalue weighted by atomic mass is 16.5. The van der Waals surface area contributed by atoms with Crippen LogP contribution < -0.4 is 16.2 Å². The minimum Gasteiger partial charge on any atom is -0.495 e. The lowest BCUT2D eigenvalue weighted by Gasteiger charge is -2.04. The van der Waals surface area contributed by atoms with Crippen LogP contribution in [0.1, 0.15) is 0 Å². The molecule has 8 nitrogen and oxygen atoms in total. The summed E-state index contributed by atoms with van der Waals surface area (Å²) >= 11 is 0. The fourth-order valence-corrected chi connectivity index (χ4v) is 1.44. The van der Waals surface area contributed by atoms with Gasteiger partial charge in [-0.25, -0.2) is 0 Å². The number of anilines is 1. The van der Waals surface area contributed by atoms with E-state index in [-0.39, 0.29) is 6.54 Å². The maximum Gasteiger partial charge on any atom is 0.241 e. The highest BCUT2D eigenvalue weighted by Crippen LogP contribution is 2.25. The maximum atomic E-state index is 10.7. The van der Waals surface area contributed by atoms with Crippen molar-refractivity contribution in [2.45, 2.75) is 6.54 Å². The molecule has 0 aliphatic heterocycles. The normalized spacial score (nSPS) is 10.3. The van der Waals surface area contributed by atoms with E-state index in [9.17, 15) is 4.79 Å². The molecule has 0 aliphatic rings. The average Bonchev–Trinajstić information content (AvgIpc) is 2.76. The third kappa shape index (κ3) is 2.37. The molecule has 18 heavy (non-hydrogen) atoms. The highest BCUT2D eigenvalue weighted by Gasteiger charge is 2.09. The van der Waals surface area contributed by atoms with Crippen molar-refractivity contribution in [3.8, 4) is 17.1 Å². The first kappa shape index (κ1) is 11.8. The number of rotatable bonds is 4. The number of nitrogens with zero attached hydrogens (tertiary/aromatic N) is 4. The number of nitrogen functional groups attached to an aromatic ring is 1. The van der Waals surface area contributed by atoms with Crippen LogP contribution in [0.4, 0.5) is 5.69 Å². The fourth-order valence-electron chi connectivity index (χ4n) is 1.44. The number of aromatic nitrogens is 4. The van der Waals surface area contributed by atoms with Gasteiger partial charge >= 0.3 is 0 Å². The van der Waals surface area contributed by atoms with E-state index in [4.69, 9.17) is 16.2 Å². The number of nitrogens with two attached hydrogens (primary N) is 2. The molecule has 4 N–H and O–H groups in total. The third-order valence-corrected chi connectivity index (χ3v) is 2.24. The van der Waals surface area contributed by atoms with Gasteiger partial charge in [0.2, 0.25) is 11.7 Å². The number of carbonyl (C=O) groups is 1. The summed E-state index contributed by atoms with van der Waals surface area (Å²) in [5.41, 5.74) is 12.0. The smallest absolute Gasteiger partial charge is 0.241 e. The molecular weight excluding hydrogens is 236 g/mol. The van der Waals surface area contributed by atoms with Gasteiger partial charge in [0.25, 0.3) is 0 Å². The summed E-state index contributed by atoms with van der Waals surface area (Å²) < 4.78 is 5.05. The molecule has 0 radical (unpaired) electrons. The van der Waals surface area contributed by atoms with Crippen LogP contribution in [0.25, 0.3) is 11.4 Å². The van der Waals surface area contributed by atoms with Crippen LogP contribution in [0.5, 0.6) is 5.75 Å². The molecule has 0 unspecified atom stereocenters. The van der Waals surface area contributed by atoms with Crippen LogP contribution in [-0.4, -0.2) is 33.2 Å². The number of carbonyl (C=O) groups excluding carboxylic acids is 1. The Kier molecular flexibility index (Phi) is 3.09. The number of ether oxygens (including phenoxy) is 1. The molecule has 2 aromatic rings. The van der Waals surface area contributed by atoms with Crippen LogP contribution in [0.2, 0.25) is 0 Å². The molecule has 0 atom stereocenters. The lowest BCUT2D eigenvalue weighted by atomic mass is 10.2. The van der Waals surface area contributed by atoms with Gasteiger partial charge in [0.15, 0.2) is 0 Å². The van der Waals surface area contributed by atoms with Gasteiger partial charge in [-0.1, -0.05) is 0 Å². The van der Waals surface area contributed by atoms with Crippen molar-refractivity contribution >= 4 is 11.6 Å². The molecule has 0 saturated heterocycles. The number of benzene rings is 1. The van der Waals surface area contributed by atoms with Crippen LogP contribution in [-0.2, 0) is 11.3 Å². The van der Waals surface area contributed by atoms with Crippen LogP contribution >= 0.6 is 0 Å². The van der Waals surface area contributed by atoms with Crippen molar-refractivity contribution in [3.05, 3.63) is 18.2 Å². The first-order valence-corrected chi connectivity index (χ1v) is 5.10. The first-order valence-electron chi connectivity index (χ1n) is 5.10. The van der Waals surface area contributed by atoms with E-state index in [1.165, 1.54) is 7.11 Å². The molecule has 8 heteroatoms. The predicted molar refractivity (Wildman–Crippen MR) is 63.4 cm³/mol. The van der Waals surface area contributed by atoms with E-state index in [1.807, 2.05) is 0 Å². The van der Waals surface area contributed by atoms with Crippen molar-refractivity contribution < 1.29 is 9.53 Å². The average molecular weight is 248 g/mol. The van der Waals surface area contributed by atoms with Gasteiger partial charge in [-0.3, -0.25) is 4.79 Å². The summed E-state index contributed by atoms with van der Waals surface area (Å²) in [6.45, 7) is -0.112. The van der Waals surface area contributed by atoms with E-state index in [2.05, 4.69) is 15.4 Å². The summed E-state index contributed by atoms with van der Waals surface area (Å²) in [6.07, 6.45) is 0. The summed E-state index contributed by atoms with van der Waals surface area (Å²) in [6, 6.07) is 5.13. The fraction of sp³-hybridized carbons (Fsp3) is 0.200. The second-order valence-electron chi connectivity index (χ2n) is 3.57. The Labute approximate surface area is 103 Å². The molecule has 0 aliphatic carbocycles. The number of amides is 1. The molecule has 0 bridgehead atoms. The van der Waals surface area contributed by atoms with Crippen LogP contribution in [0, 0.1) is 0 Å². The van der Waals surface area contributed by atoms with Gasteiger partial charge in [0.05, 0.1) is 12.8 Å². The number of hydrogen-bond donors (Lipinski definition) is 2. The minimum atomic E-state index is -0.534. The van der Waals surface area contributed by atoms with E-state index in [0.29, 0.717) is 22.8 Å². The zero-order valence-corrected chi connectivity index (χ0v) is 9.70. The first-order chi connectivity index (χ1) is 8.60. The SMILES string of the molecule is COc1ccc(-c2nnn(CC(N)=O)n2)cc1N. The van der Waals surface area contributed by atoms with Crippen LogP contribution in [0.15, 0.2) is 18.2 Å². The van der Waals surface area contributed by atoms with Gasteiger partial charge < -0.3 is 16.2 Å². The second-order valence-corrected chi connectivity index (χ2v) is 3.57. The summed E-state index contributed by atoms with van der Waals surface area (Å²) in [5.74, 6) is 0.405. The number of tetrazole rings is 1. The topological polar surface area (TPSA) is 122 Å². The predicted octanol–water partition coefficient (Wildman–Crippen LogP) is -0.584. The molecule has 1 aromatic heterocycles. The molecule has 0 saturated carbocycles. The van der Waals surface area contributed by atoms with Crippen molar-refractivity contribution in [1.82, 2.24) is 20.2 Å². The molecule has 0 fully saturated rings. The van der Waals surface area contributed by atoms with Crippen molar-refractivity contribution in [3.63, 3.8) is 0 Å². The van der Waals surface area contributed by atoms with Crippen LogP contribution in [0.3, 0.4) is 0 Å². The largest absolute Gasteiger partial charge is 0.495 e. The number of hydrogen-bond acceptors (Lipinski definition) is 6. The van der Waals surface area contributed by atoms with E-state index in [1.54, 1.807) is 18.2 Å². The zero-order valence-electron chi connectivity index (χ0n) is 9.70. The standard InChI is InChI=1S/C10H12N6O2/c1-18-8-3-2-6(4-7(8)11)10-13-15-16(14-10)5-9(12)17/h2-4H,5,11H2,1H3,(H2,12,17). The number of methoxy groups -OCH3 is 1. The Morgan fingerprint density at radius 1 is 1.50 bits per heavy atom. The Hall–Kier alpha value is -2.64. The molecule has 94 valence electrons. The van der Waals surface area contributed by atoms with Gasteiger partial charge in [0.1, 0.15) is 12.3 Å². The molecule has 1 heterocycles. The Morgan fingerprint density at radius 2 is 2.28 bits per heavy atom. The van der Waals surface area contributed by atoms with Gasteiger partial charge in [-0.15, -0.1) is 10.2 Å². The molecular formula is C10H12N6O2. The lowest BCUT2D eigenvalue weighted by Crippen LogP contribution is -2.20. The molecule has 0 spiro atoms. The highest BCUT2D eigenvalue weighted by molar-refractivity contribution is 5.73. The van der Waals surface area contributed by atoms with Crippen molar-refractivity contribution in [2.24, 2.45) is 5.73 Å². The van der Waals surface area contributed by atoms with Gasteiger partial charge in [-0.2, -0.15) is 4.80 Å². The van der Waals surface area contributed by atoms with E-state index < -0.39 is 5.91 Å². The van der Waals surface area contributed by atoms with E-state index in [0.717, 1.165) is 4.80 Å². The van der Waals surface area contributed by atoms with E-state index >= 15 is 0 Å². The Balaban J connectivity index is 2.28. The molecule has 1 aromatic carbocycles. The number of primary amides is 1. The van der Waals surface area contributed by atoms with Gasteiger partial charge in [0, 0.05) is 5.56 Å². The monoisotopic (exact) mass is 248 g/mol. The maximum absolute atomic E-state index is 10.7. The summed E-state index contributed by atoms with van der Waals surface area (Å²) in [7, 11) is 1.53. The lowest BCUT2D eigenvalue weighted by molar-refractivity contribution is -0.118. The second kappa shape index (κ2) is 4.70. The Bertz CT molecular complexity index is 579. The zero-order chi connectivity index (χ0) is 13.1. The summed E-state index contributed by atoms with van der Waals surface area (Å²) in [4.78, 5) is 11.8. The summed E-state index contributed by atoms with van der Waals surface area (Å²) in [5, 5.41) is 11.5. The van der Waals surface area contributed by atoms with Crippen molar-refractivity contribution in [1.29, 1.82) is 0 Å². The molecule has 1 amide bonds. The van der Waals surface area contributed by atoms with Crippen molar-refractivity contribution in [2.75, 3.05) is 12.8 Å².